The molecule has 0 aliphatic carbocycles. The molecule has 3 nitrogen and oxygen atoms in total. The Labute approximate surface area is 81.9 Å². The smallest absolute Gasteiger partial charge is 0.327 e. The number of halogens is 1. The van der Waals surface area contributed by atoms with E-state index >= 15 is 0 Å². The minimum absolute atomic E-state index is 0.293. The number of rotatable bonds is 3. The standard InChI is InChI=1S/C10H12FNO2/c1-12-9(10(13)14-2)7-5-3-4-6-8(7)11/h3-6,9,12H,1-2H3. The van der Waals surface area contributed by atoms with E-state index in [4.69, 9.17) is 0 Å². The Hall–Kier alpha value is -1.42. The first-order valence-electron chi connectivity index (χ1n) is 4.20. The highest BCUT2D eigenvalue weighted by atomic mass is 19.1. The first-order valence-corrected chi connectivity index (χ1v) is 4.20. The van der Waals surface area contributed by atoms with Gasteiger partial charge in [0.15, 0.2) is 0 Å². The Bertz CT molecular complexity index is 328. The van der Waals surface area contributed by atoms with Crippen molar-refractivity contribution in [2.75, 3.05) is 14.2 Å². The fourth-order valence-corrected chi connectivity index (χ4v) is 1.23. The van der Waals surface area contributed by atoms with Crippen molar-refractivity contribution in [3.8, 4) is 0 Å². The minimum Gasteiger partial charge on any atom is -0.468 e. The molecular formula is C10H12FNO2. The molecule has 0 aromatic heterocycles. The third-order valence-corrected chi connectivity index (χ3v) is 1.94. The van der Waals surface area contributed by atoms with Gasteiger partial charge in [-0.3, -0.25) is 0 Å². The van der Waals surface area contributed by atoms with Crippen LogP contribution in [0.1, 0.15) is 11.6 Å². The Morgan fingerprint density at radius 1 is 1.50 bits per heavy atom. The van der Waals surface area contributed by atoms with Crippen molar-refractivity contribution in [3.63, 3.8) is 0 Å². The largest absolute Gasteiger partial charge is 0.468 e. The number of likely N-dealkylation sites (N-methyl/N-ethyl adjacent to an activating group) is 1. The van der Waals surface area contributed by atoms with Crippen LogP contribution in [0.25, 0.3) is 0 Å². The van der Waals surface area contributed by atoms with Gasteiger partial charge in [-0.25, -0.2) is 9.18 Å². The summed E-state index contributed by atoms with van der Waals surface area (Å²) in [4.78, 5) is 11.2. The molecule has 1 unspecified atom stereocenters. The van der Waals surface area contributed by atoms with Crippen LogP contribution in [0.5, 0.6) is 0 Å². The van der Waals surface area contributed by atoms with Crippen molar-refractivity contribution in [3.05, 3.63) is 35.6 Å². The molecule has 0 saturated heterocycles. The second-order valence-electron chi connectivity index (χ2n) is 2.77. The van der Waals surface area contributed by atoms with E-state index in [1.54, 1.807) is 25.2 Å². The molecule has 0 heterocycles. The van der Waals surface area contributed by atoms with Gasteiger partial charge in [0.05, 0.1) is 7.11 Å². The summed E-state index contributed by atoms with van der Waals surface area (Å²) in [6, 6.07) is 5.35. The number of ether oxygens (including phenoxy) is 1. The van der Waals surface area contributed by atoms with Crippen molar-refractivity contribution in [1.82, 2.24) is 5.32 Å². The first-order chi connectivity index (χ1) is 6.70. The Balaban J connectivity index is 3.01. The van der Waals surface area contributed by atoms with E-state index in [0.717, 1.165) is 0 Å². The number of nitrogens with one attached hydrogen (secondary N) is 1. The summed E-state index contributed by atoms with van der Waals surface area (Å²) in [5.74, 6) is -0.921. The number of hydrogen-bond acceptors (Lipinski definition) is 3. The van der Waals surface area contributed by atoms with Crippen molar-refractivity contribution in [2.45, 2.75) is 6.04 Å². The van der Waals surface area contributed by atoms with Crippen LogP contribution in [0, 0.1) is 5.82 Å². The summed E-state index contributed by atoms with van der Waals surface area (Å²) in [5, 5.41) is 2.70. The van der Waals surface area contributed by atoms with Gasteiger partial charge in [0, 0.05) is 5.56 Å². The van der Waals surface area contributed by atoms with E-state index in [1.807, 2.05) is 0 Å². The zero-order valence-electron chi connectivity index (χ0n) is 8.08. The van der Waals surface area contributed by atoms with Crippen molar-refractivity contribution in [2.24, 2.45) is 0 Å². The molecule has 1 aromatic carbocycles. The molecule has 0 saturated carbocycles. The second kappa shape index (κ2) is 4.72. The summed E-state index contributed by atoms with van der Waals surface area (Å²) in [6.45, 7) is 0. The van der Waals surface area contributed by atoms with E-state index < -0.39 is 17.8 Å². The molecule has 1 rings (SSSR count). The quantitative estimate of drug-likeness (QED) is 0.741. The Kier molecular flexibility index (Phi) is 3.59. The number of hydrogen-bond donors (Lipinski definition) is 1. The first kappa shape index (κ1) is 10.7. The lowest BCUT2D eigenvalue weighted by Crippen LogP contribution is -2.27. The van der Waals surface area contributed by atoms with Crippen molar-refractivity contribution in [1.29, 1.82) is 0 Å². The van der Waals surface area contributed by atoms with E-state index in [1.165, 1.54) is 13.2 Å². The SMILES string of the molecule is CNC(C(=O)OC)c1ccccc1F. The molecule has 0 bridgehead atoms. The zero-order valence-corrected chi connectivity index (χ0v) is 8.08. The lowest BCUT2D eigenvalue weighted by atomic mass is 10.1. The summed E-state index contributed by atoms with van der Waals surface area (Å²) in [5.41, 5.74) is 0.293. The van der Waals surface area contributed by atoms with E-state index in [-0.39, 0.29) is 0 Å². The Morgan fingerprint density at radius 2 is 2.14 bits per heavy atom. The maximum absolute atomic E-state index is 13.3. The van der Waals surface area contributed by atoms with Gasteiger partial charge < -0.3 is 10.1 Å². The fraction of sp³-hybridized carbons (Fsp3) is 0.300. The fourth-order valence-electron chi connectivity index (χ4n) is 1.23. The van der Waals surface area contributed by atoms with Gasteiger partial charge in [0.2, 0.25) is 0 Å². The van der Waals surface area contributed by atoms with Crippen LogP contribution in [0.2, 0.25) is 0 Å². The molecular weight excluding hydrogens is 185 g/mol. The van der Waals surface area contributed by atoms with Gasteiger partial charge in [-0.15, -0.1) is 0 Å². The van der Waals surface area contributed by atoms with Crippen LogP contribution in [0.15, 0.2) is 24.3 Å². The third kappa shape index (κ3) is 2.09. The van der Waals surface area contributed by atoms with Gasteiger partial charge in [0.25, 0.3) is 0 Å². The van der Waals surface area contributed by atoms with Crippen molar-refractivity contribution >= 4 is 5.97 Å². The molecule has 14 heavy (non-hydrogen) atoms. The molecule has 0 fully saturated rings. The zero-order chi connectivity index (χ0) is 10.6. The van der Waals surface area contributed by atoms with Gasteiger partial charge in [0.1, 0.15) is 11.9 Å². The predicted molar refractivity (Wildman–Crippen MR) is 50.2 cm³/mol. The number of esters is 1. The second-order valence-corrected chi connectivity index (χ2v) is 2.77. The van der Waals surface area contributed by atoms with Gasteiger partial charge in [-0.05, 0) is 13.1 Å². The molecule has 1 atom stereocenters. The van der Waals surface area contributed by atoms with Gasteiger partial charge >= 0.3 is 5.97 Å². The molecule has 0 radical (unpaired) electrons. The molecule has 0 spiro atoms. The summed E-state index contributed by atoms with van der Waals surface area (Å²) in [7, 11) is 2.85. The van der Waals surface area contributed by atoms with Crippen molar-refractivity contribution < 1.29 is 13.9 Å². The van der Waals surface area contributed by atoms with Crippen LogP contribution in [-0.4, -0.2) is 20.1 Å². The normalized spacial score (nSPS) is 12.2. The predicted octanol–water partition coefficient (Wildman–Crippen LogP) is 1.26. The molecule has 4 heteroatoms. The monoisotopic (exact) mass is 197 g/mol. The number of carbonyl (C=O) groups is 1. The maximum atomic E-state index is 13.3. The topological polar surface area (TPSA) is 38.3 Å². The molecule has 1 aromatic rings. The summed E-state index contributed by atoms with van der Waals surface area (Å²) < 4.78 is 17.8. The Morgan fingerprint density at radius 3 is 2.64 bits per heavy atom. The summed E-state index contributed by atoms with van der Waals surface area (Å²) >= 11 is 0. The third-order valence-electron chi connectivity index (χ3n) is 1.94. The van der Waals surface area contributed by atoms with Crippen LogP contribution < -0.4 is 5.32 Å². The van der Waals surface area contributed by atoms with Gasteiger partial charge in [-0.2, -0.15) is 0 Å². The maximum Gasteiger partial charge on any atom is 0.327 e. The molecule has 0 aliphatic rings. The highest BCUT2D eigenvalue weighted by Crippen LogP contribution is 2.17. The average molecular weight is 197 g/mol. The molecule has 76 valence electrons. The van der Waals surface area contributed by atoms with Crippen LogP contribution >= 0.6 is 0 Å². The highest BCUT2D eigenvalue weighted by Gasteiger charge is 2.21. The number of benzene rings is 1. The lowest BCUT2D eigenvalue weighted by Gasteiger charge is -2.14. The van der Waals surface area contributed by atoms with Gasteiger partial charge in [-0.1, -0.05) is 18.2 Å². The minimum atomic E-state index is -0.749. The van der Waals surface area contributed by atoms with E-state index in [2.05, 4.69) is 10.1 Å². The summed E-state index contributed by atoms with van der Waals surface area (Å²) in [6.07, 6.45) is 0. The van der Waals surface area contributed by atoms with Crippen LogP contribution in [0.3, 0.4) is 0 Å². The average Bonchev–Trinajstić information content (AvgIpc) is 2.21. The van der Waals surface area contributed by atoms with Crippen LogP contribution in [-0.2, 0) is 9.53 Å². The van der Waals surface area contributed by atoms with E-state index in [0.29, 0.717) is 5.56 Å². The number of carbonyl (C=O) groups excluding carboxylic acids is 1. The number of methoxy groups -OCH3 is 1. The highest BCUT2D eigenvalue weighted by molar-refractivity contribution is 5.77. The lowest BCUT2D eigenvalue weighted by molar-refractivity contribution is -0.143. The molecule has 0 amide bonds. The van der Waals surface area contributed by atoms with Crippen LogP contribution in [0.4, 0.5) is 4.39 Å². The molecule has 1 N–H and O–H groups in total. The molecule has 0 aliphatic heterocycles. The van der Waals surface area contributed by atoms with E-state index in [9.17, 15) is 9.18 Å².